The zero-order valence-corrected chi connectivity index (χ0v) is 12.1. The minimum absolute atomic E-state index is 0.162. The minimum atomic E-state index is -0.162. The normalized spacial score (nSPS) is 13.3. The average Bonchev–Trinajstić information content (AvgIpc) is 2.25. The fourth-order valence-electron chi connectivity index (χ4n) is 2.00. The Kier molecular flexibility index (Phi) is 5.76. The second kappa shape index (κ2) is 6.86. The second-order valence-electron chi connectivity index (χ2n) is 5.56. The zero-order chi connectivity index (χ0) is 13.7. The number of likely N-dealkylation sites (N-methyl/N-ethyl adjacent to an activating group) is 1. The van der Waals surface area contributed by atoms with Crippen molar-refractivity contribution in [1.82, 2.24) is 10.2 Å². The highest BCUT2D eigenvalue weighted by atomic mass is 19.1. The molecule has 0 spiro atoms. The third-order valence-corrected chi connectivity index (χ3v) is 3.23. The van der Waals surface area contributed by atoms with Gasteiger partial charge in [-0.05, 0) is 50.2 Å². The van der Waals surface area contributed by atoms with E-state index in [4.69, 9.17) is 0 Å². The maximum Gasteiger partial charge on any atom is 0.123 e. The van der Waals surface area contributed by atoms with Gasteiger partial charge in [0.2, 0.25) is 0 Å². The van der Waals surface area contributed by atoms with E-state index in [1.807, 2.05) is 13.0 Å². The summed E-state index contributed by atoms with van der Waals surface area (Å²) in [5.41, 5.74) is 2.18. The molecule has 0 fully saturated rings. The van der Waals surface area contributed by atoms with Crippen LogP contribution >= 0.6 is 0 Å². The summed E-state index contributed by atoms with van der Waals surface area (Å²) in [6.07, 6.45) is 0. The Morgan fingerprint density at radius 3 is 2.44 bits per heavy atom. The summed E-state index contributed by atoms with van der Waals surface area (Å²) < 4.78 is 13.0. The Hall–Kier alpha value is -0.930. The Balaban J connectivity index is 2.61. The van der Waals surface area contributed by atoms with E-state index in [2.05, 4.69) is 38.2 Å². The Morgan fingerprint density at radius 2 is 1.94 bits per heavy atom. The van der Waals surface area contributed by atoms with Crippen LogP contribution in [0.25, 0.3) is 0 Å². The fraction of sp³-hybridized carbons (Fsp3) is 0.600. The van der Waals surface area contributed by atoms with Gasteiger partial charge in [0.15, 0.2) is 0 Å². The molecule has 0 radical (unpaired) electrons. The minimum Gasteiger partial charge on any atom is -0.308 e. The van der Waals surface area contributed by atoms with E-state index in [-0.39, 0.29) is 5.82 Å². The van der Waals surface area contributed by atoms with Gasteiger partial charge in [0.05, 0.1) is 0 Å². The van der Waals surface area contributed by atoms with Crippen LogP contribution in [0, 0.1) is 18.7 Å². The zero-order valence-electron chi connectivity index (χ0n) is 12.1. The lowest BCUT2D eigenvalue weighted by molar-refractivity contribution is 0.288. The molecule has 3 heteroatoms. The van der Waals surface area contributed by atoms with Crippen molar-refractivity contribution in [2.75, 3.05) is 20.6 Å². The van der Waals surface area contributed by atoms with Gasteiger partial charge in [-0.3, -0.25) is 0 Å². The van der Waals surface area contributed by atoms with Crippen molar-refractivity contribution in [3.8, 4) is 0 Å². The summed E-state index contributed by atoms with van der Waals surface area (Å²) in [6, 6.07) is 5.43. The van der Waals surface area contributed by atoms with Gasteiger partial charge in [-0.2, -0.15) is 0 Å². The maximum absolute atomic E-state index is 13.0. The SMILES string of the molecule is Cc1cc(F)ccc1CNC(CN(C)C)C(C)C. The van der Waals surface area contributed by atoms with Crippen molar-refractivity contribution in [2.24, 2.45) is 5.92 Å². The molecule has 0 aliphatic heterocycles. The van der Waals surface area contributed by atoms with Crippen molar-refractivity contribution in [2.45, 2.75) is 33.4 Å². The summed E-state index contributed by atoms with van der Waals surface area (Å²) in [5, 5.41) is 3.56. The number of rotatable bonds is 6. The molecule has 0 heterocycles. The van der Waals surface area contributed by atoms with Crippen molar-refractivity contribution in [3.63, 3.8) is 0 Å². The van der Waals surface area contributed by atoms with Gasteiger partial charge >= 0.3 is 0 Å². The third-order valence-electron chi connectivity index (χ3n) is 3.23. The lowest BCUT2D eigenvalue weighted by Gasteiger charge is -2.26. The first kappa shape index (κ1) is 15.1. The van der Waals surface area contributed by atoms with Crippen molar-refractivity contribution in [3.05, 3.63) is 35.1 Å². The molecule has 0 aliphatic carbocycles. The molecule has 102 valence electrons. The lowest BCUT2D eigenvalue weighted by Crippen LogP contribution is -2.41. The van der Waals surface area contributed by atoms with E-state index >= 15 is 0 Å². The van der Waals surface area contributed by atoms with E-state index in [1.54, 1.807) is 6.07 Å². The monoisotopic (exact) mass is 252 g/mol. The van der Waals surface area contributed by atoms with Crippen LogP contribution in [0.3, 0.4) is 0 Å². The number of hydrogen-bond acceptors (Lipinski definition) is 2. The van der Waals surface area contributed by atoms with Gasteiger partial charge in [-0.15, -0.1) is 0 Å². The molecule has 0 bridgehead atoms. The largest absolute Gasteiger partial charge is 0.308 e. The molecule has 0 saturated carbocycles. The summed E-state index contributed by atoms with van der Waals surface area (Å²) in [6.45, 7) is 8.20. The molecule has 18 heavy (non-hydrogen) atoms. The summed E-state index contributed by atoms with van der Waals surface area (Å²) in [5.74, 6) is 0.415. The molecule has 1 rings (SSSR count). The Morgan fingerprint density at radius 1 is 1.28 bits per heavy atom. The van der Waals surface area contributed by atoms with E-state index in [9.17, 15) is 4.39 Å². The van der Waals surface area contributed by atoms with Crippen molar-refractivity contribution < 1.29 is 4.39 Å². The lowest BCUT2D eigenvalue weighted by atomic mass is 10.0. The number of hydrogen-bond donors (Lipinski definition) is 1. The molecule has 0 aromatic heterocycles. The third kappa shape index (κ3) is 4.75. The summed E-state index contributed by atoms with van der Waals surface area (Å²) >= 11 is 0. The Labute approximate surface area is 110 Å². The number of aryl methyl sites for hydroxylation is 1. The van der Waals surface area contributed by atoms with Crippen LogP contribution in [-0.2, 0) is 6.54 Å². The molecule has 1 aromatic carbocycles. The first-order valence-electron chi connectivity index (χ1n) is 6.53. The molecule has 1 aromatic rings. The first-order valence-corrected chi connectivity index (χ1v) is 6.53. The van der Waals surface area contributed by atoms with E-state index in [1.165, 1.54) is 11.6 Å². The molecule has 2 nitrogen and oxygen atoms in total. The molecule has 1 N–H and O–H groups in total. The topological polar surface area (TPSA) is 15.3 Å². The number of halogens is 1. The maximum atomic E-state index is 13.0. The van der Waals surface area contributed by atoms with Crippen LogP contribution in [0.15, 0.2) is 18.2 Å². The first-order chi connectivity index (χ1) is 8.40. The van der Waals surface area contributed by atoms with Crippen LogP contribution in [0.2, 0.25) is 0 Å². The smallest absolute Gasteiger partial charge is 0.123 e. The van der Waals surface area contributed by atoms with E-state index in [0.29, 0.717) is 12.0 Å². The second-order valence-corrected chi connectivity index (χ2v) is 5.56. The predicted molar refractivity (Wildman–Crippen MR) is 75.2 cm³/mol. The average molecular weight is 252 g/mol. The van der Waals surface area contributed by atoms with Gasteiger partial charge in [0.1, 0.15) is 5.82 Å². The molecule has 0 saturated heterocycles. The van der Waals surface area contributed by atoms with Crippen LogP contribution in [-0.4, -0.2) is 31.6 Å². The molecular weight excluding hydrogens is 227 g/mol. The van der Waals surface area contributed by atoms with Gasteiger partial charge in [-0.25, -0.2) is 4.39 Å². The van der Waals surface area contributed by atoms with Gasteiger partial charge in [-0.1, -0.05) is 19.9 Å². The standard InChI is InChI=1S/C15H25FN2/c1-11(2)15(10-18(4)5)17-9-13-6-7-14(16)8-12(13)3/h6-8,11,15,17H,9-10H2,1-5H3. The van der Waals surface area contributed by atoms with Crippen LogP contribution in [0.1, 0.15) is 25.0 Å². The molecule has 0 amide bonds. The number of benzene rings is 1. The highest BCUT2D eigenvalue weighted by molar-refractivity contribution is 5.26. The number of nitrogens with one attached hydrogen (secondary N) is 1. The van der Waals surface area contributed by atoms with E-state index < -0.39 is 0 Å². The van der Waals surface area contributed by atoms with Crippen LogP contribution < -0.4 is 5.32 Å². The molecule has 0 aliphatic rings. The molecule has 1 unspecified atom stereocenters. The molecule has 1 atom stereocenters. The predicted octanol–water partition coefficient (Wildman–Crippen LogP) is 2.81. The van der Waals surface area contributed by atoms with Gasteiger partial charge < -0.3 is 10.2 Å². The van der Waals surface area contributed by atoms with Crippen molar-refractivity contribution >= 4 is 0 Å². The fourth-order valence-corrected chi connectivity index (χ4v) is 2.00. The van der Waals surface area contributed by atoms with Crippen LogP contribution in [0.5, 0.6) is 0 Å². The van der Waals surface area contributed by atoms with Crippen molar-refractivity contribution in [1.29, 1.82) is 0 Å². The highest BCUT2D eigenvalue weighted by Gasteiger charge is 2.14. The van der Waals surface area contributed by atoms with Gasteiger partial charge in [0, 0.05) is 19.1 Å². The highest BCUT2D eigenvalue weighted by Crippen LogP contribution is 2.11. The Bertz CT molecular complexity index is 375. The quantitative estimate of drug-likeness (QED) is 0.837. The number of nitrogens with zero attached hydrogens (tertiary/aromatic N) is 1. The van der Waals surface area contributed by atoms with E-state index in [0.717, 1.165) is 18.7 Å². The molecular formula is C15H25FN2. The van der Waals surface area contributed by atoms with Crippen LogP contribution in [0.4, 0.5) is 4.39 Å². The summed E-state index contributed by atoms with van der Waals surface area (Å²) in [4.78, 5) is 2.19. The van der Waals surface area contributed by atoms with Gasteiger partial charge in [0.25, 0.3) is 0 Å². The summed E-state index contributed by atoms with van der Waals surface area (Å²) in [7, 11) is 4.17.